The number of carbonyl (C=O) groups excluding carboxylic acids is 2. The van der Waals surface area contributed by atoms with Gasteiger partial charge in [-0.25, -0.2) is 4.39 Å². The summed E-state index contributed by atoms with van der Waals surface area (Å²) < 4.78 is 13.6. The lowest BCUT2D eigenvalue weighted by atomic mass is 10.0. The van der Waals surface area contributed by atoms with E-state index in [1.54, 1.807) is 6.07 Å². The second kappa shape index (κ2) is 9.19. The Balaban J connectivity index is 1.93. The number of anilines is 2. The van der Waals surface area contributed by atoms with Crippen molar-refractivity contribution in [2.24, 2.45) is 0 Å². The van der Waals surface area contributed by atoms with Gasteiger partial charge in [0.15, 0.2) is 5.11 Å². The Labute approximate surface area is 206 Å². The smallest absolute Gasteiger partial charge is 0.268 e. The summed E-state index contributed by atoms with van der Waals surface area (Å²) in [6, 6.07) is 14.6. The van der Waals surface area contributed by atoms with Crippen molar-refractivity contribution in [3.8, 4) is 0 Å². The molecule has 1 aliphatic heterocycles. The predicted octanol–water partition coefficient (Wildman–Crippen LogP) is 5.41. The quantitative estimate of drug-likeness (QED) is 0.161. The van der Waals surface area contributed by atoms with Gasteiger partial charge in [-0.3, -0.25) is 29.5 Å². The molecule has 0 spiro atoms. The predicted molar refractivity (Wildman–Crippen MR) is 136 cm³/mol. The molecule has 0 N–H and O–H groups in total. The summed E-state index contributed by atoms with van der Waals surface area (Å²) in [6.45, 7) is 5.61. The van der Waals surface area contributed by atoms with Gasteiger partial charge < -0.3 is 0 Å². The average Bonchev–Trinajstić information content (AvgIpc) is 2.80. The summed E-state index contributed by atoms with van der Waals surface area (Å²) in [4.78, 5) is 40.4. The number of nitrogens with zero attached hydrogens (tertiary/aromatic N) is 3. The summed E-state index contributed by atoms with van der Waals surface area (Å²) >= 11 is 5.62. The molecule has 35 heavy (non-hydrogen) atoms. The van der Waals surface area contributed by atoms with Crippen molar-refractivity contribution >= 4 is 52.3 Å². The zero-order valence-corrected chi connectivity index (χ0v) is 19.9. The SMILES string of the molecule is Cc1cc(C)c(N2C(=O)/C(=C\c3cccc([N+](=O)[O-])c3)C(=O)N(c3ccc(F)cc3)C2=S)c(C)c1. The normalized spacial score (nSPS) is 15.2. The third-order valence-electron chi connectivity index (χ3n) is 5.59. The van der Waals surface area contributed by atoms with Crippen LogP contribution in [0.2, 0.25) is 0 Å². The maximum atomic E-state index is 13.7. The van der Waals surface area contributed by atoms with E-state index >= 15 is 0 Å². The van der Waals surface area contributed by atoms with Crippen LogP contribution >= 0.6 is 12.2 Å². The molecule has 176 valence electrons. The summed E-state index contributed by atoms with van der Waals surface area (Å²) in [5.74, 6) is -1.86. The number of carbonyl (C=O) groups is 2. The Kier molecular flexibility index (Phi) is 6.27. The first kappa shape index (κ1) is 23.9. The second-order valence-corrected chi connectivity index (χ2v) is 8.56. The highest BCUT2D eigenvalue weighted by atomic mass is 32.1. The fourth-order valence-electron chi connectivity index (χ4n) is 4.16. The molecule has 0 radical (unpaired) electrons. The minimum absolute atomic E-state index is 0.0714. The molecule has 1 heterocycles. The number of rotatable bonds is 4. The van der Waals surface area contributed by atoms with Gasteiger partial charge in [0.2, 0.25) is 0 Å². The number of nitro groups is 1. The first-order valence-corrected chi connectivity index (χ1v) is 11.0. The van der Waals surface area contributed by atoms with E-state index in [0.29, 0.717) is 11.3 Å². The largest absolute Gasteiger partial charge is 0.270 e. The van der Waals surface area contributed by atoms with E-state index < -0.39 is 22.6 Å². The third kappa shape index (κ3) is 4.45. The Bertz CT molecular complexity index is 1410. The lowest BCUT2D eigenvalue weighted by molar-refractivity contribution is -0.384. The van der Waals surface area contributed by atoms with E-state index in [2.05, 4.69) is 0 Å². The summed E-state index contributed by atoms with van der Waals surface area (Å²) in [7, 11) is 0. The highest BCUT2D eigenvalue weighted by Gasteiger charge is 2.42. The number of aryl methyl sites for hydroxylation is 3. The van der Waals surface area contributed by atoms with Crippen LogP contribution in [-0.4, -0.2) is 21.9 Å². The van der Waals surface area contributed by atoms with Crippen LogP contribution in [0.1, 0.15) is 22.3 Å². The number of amides is 2. The van der Waals surface area contributed by atoms with E-state index in [1.807, 2.05) is 32.9 Å². The summed E-state index contributed by atoms with van der Waals surface area (Å²) in [5, 5.41) is 11.1. The molecule has 7 nitrogen and oxygen atoms in total. The molecule has 4 rings (SSSR count). The standard InChI is InChI=1S/C26H20FN3O4S/c1-15-11-16(2)23(17(3)12-15)29-25(32)22(14-18-5-4-6-21(13-18)30(33)34)24(31)28(26(29)35)20-9-7-19(27)8-10-20/h4-14H,1-3H3/b22-14-. The first-order valence-electron chi connectivity index (χ1n) is 10.6. The fourth-order valence-corrected chi connectivity index (χ4v) is 4.53. The molecular weight excluding hydrogens is 469 g/mol. The first-order chi connectivity index (χ1) is 16.6. The van der Waals surface area contributed by atoms with Crippen molar-refractivity contribution in [3.63, 3.8) is 0 Å². The van der Waals surface area contributed by atoms with Crippen LogP contribution in [0, 0.1) is 36.7 Å². The van der Waals surface area contributed by atoms with E-state index in [1.165, 1.54) is 53.4 Å². The molecule has 1 saturated heterocycles. The van der Waals surface area contributed by atoms with Gasteiger partial charge in [0.05, 0.1) is 16.3 Å². The third-order valence-corrected chi connectivity index (χ3v) is 5.95. The van der Waals surface area contributed by atoms with Crippen LogP contribution in [0.3, 0.4) is 0 Å². The molecule has 9 heteroatoms. The van der Waals surface area contributed by atoms with Gasteiger partial charge in [0.25, 0.3) is 17.5 Å². The lowest BCUT2D eigenvalue weighted by Crippen LogP contribution is -2.57. The maximum absolute atomic E-state index is 13.7. The average molecular weight is 490 g/mol. The molecule has 3 aromatic rings. The van der Waals surface area contributed by atoms with Gasteiger partial charge in [0, 0.05) is 12.1 Å². The fraction of sp³-hybridized carbons (Fsp3) is 0.115. The number of nitro benzene ring substituents is 1. The van der Waals surface area contributed by atoms with Gasteiger partial charge in [-0.15, -0.1) is 0 Å². The van der Waals surface area contributed by atoms with Crippen molar-refractivity contribution in [2.45, 2.75) is 20.8 Å². The molecule has 0 aliphatic carbocycles. The number of benzene rings is 3. The van der Waals surface area contributed by atoms with Crippen LogP contribution in [0.15, 0.2) is 66.2 Å². The van der Waals surface area contributed by atoms with Crippen molar-refractivity contribution in [2.75, 3.05) is 9.80 Å². The van der Waals surface area contributed by atoms with Crippen molar-refractivity contribution in [1.29, 1.82) is 0 Å². The second-order valence-electron chi connectivity index (χ2n) is 8.20. The molecule has 0 unspecified atom stereocenters. The molecule has 1 aliphatic rings. The minimum atomic E-state index is -0.711. The molecule has 1 fully saturated rings. The van der Waals surface area contributed by atoms with E-state index in [0.717, 1.165) is 21.6 Å². The number of non-ortho nitro benzene ring substituents is 1. The molecule has 0 aromatic heterocycles. The van der Waals surface area contributed by atoms with Gasteiger partial charge >= 0.3 is 0 Å². The molecule has 2 amide bonds. The number of hydrogen-bond donors (Lipinski definition) is 0. The van der Waals surface area contributed by atoms with E-state index in [-0.39, 0.29) is 22.1 Å². The van der Waals surface area contributed by atoms with E-state index in [9.17, 15) is 24.1 Å². The van der Waals surface area contributed by atoms with Crippen molar-refractivity contribution < 1.29 is 18.9 Å². The van der Waals surface area contributed by atoms with Crippen LogP contribution in [0.25, 0.3) is 6.08 Å². The molecule has 0 atom stereocenters. The lowest BCUT2D eigenvalue weighted by Gasteiger charge is -2.38. The molecular formula is C26H20FN3O4S. The van der Waals surface area contributed by atoms with Gasteiger partial charge in [-0.1, -0.05) is 29.8 Å². The molecule has 0 bridgehead atoms. The Hall–Kier alpha value is -4.24. The minimum Gasteiger partial charge on any atom is -0.268 e. The van der Waals surface area contributed by atoms with Gasteiger partial charge in [0.1, 0.15) is 11.4 Å². The van der Waals surface area contributed by atoms with E-state index in [4.69, 9.17) is 12.2 Å². The van der Waals surface area contributed by atoms with Crippen LogP contribution < -0.4 is 9.80 Å². The van der Waals surface area contributed by atoms with Crippen LogP contribution in [-0.2, 0) is 9.59 Å². The number of halogens is 1. The summed E-state index contributed by atoms with van der Waals surface area (Å²) in [6.07, 6.45) is 1.31. The Morgan fingerprint density at radius 2 is 1.51 bits per heavy atom. The van der Waals surface area contributed by atoms with Crippen molar-refractivity contribution in [1.82, 2.24) is 0 Å². The topological polar surface area (TPSA) is 83.8 Å². The van der Waals surface area contributed by atoms with Gasteiger partial charge in [-0.05, 0) is 80.0 Å². The maximum Gasteiger partial charge on any atom is 0.270 e. The Morgan fingerprint density at radius 3 is 2.11 bits per heavy atom. The monoisotopic (exact) mass is 489 g/mol. The van der Waals surface area contributed by atoms with Gasteiger partial charge in [-0.2, -0.15) is 0 Å². The number of thiocarbonyl (C=S) groups is 1. The number of hydrogen-bond acceptors (Lipinski definition) is 5. The highest BCUT2D eigenvalue weighted by molar-refractivity contribution is 7.81. The zero-order chi connectivity index (χ0) is 25.4. The van der Waals surface area contributed by atoms with Crippen molar-refractivity contribution in [3.05, 3.63) is 104 Å². The van der Waals surface area contributed by atoms with Crippen LogP contribution in [0.4, 0.5) is 21.5 Å². The zero-order valence-electron chi connectivity index (χ0n) is 19.1. The highest BCUT2D eigenvalue weighted by Crippen LogP contribution is 2.34. The molecule has 0 saturated carbocycles. The Morgan fingerprint density at radius 1 is 0.914 bits per heavy atom. The summed E-state index contributed by atoms with van der Waals surface area (Å²) in [5.41, 5.74) is 3.27. The van der Waals surface area contributed by atoms with Crippen LogP contribution in [0.5, 0.6) is 0 Å². The molecule has 3 aromatic carbocycles.